The van der Waals surface area contributed by atoms with Crippen LogP contribution in [0.4, 0.5) is 10.5 Å². The van der Waals surface area contributed by atoms with Crippen LogP contribution < -0.4 is 5.32 Å². The fourth-order valence-corrected chi connectivity index (χ4v) is 5.77. The maximum Gasteiger partial charge on any atom is 0.321 e. The Balaban J connectivity index is 1.40. The van der Waals surface area contributed by atoms with Crippen LogP contribution in [0.2, 0.25) is 5.02 Å². The number of nitrogens with one attached hydrogen (secondary N) is 1. The Morgan fingerprint density at radius 2 is 1.83 bits per heavy atom. The third kappa shape index (κ3) is 4.30. The van der Waals surface area contributed by atoms with Crippen molar-refractivity contribution in [3.63, 3.8) is 0 Å². The number of carbonyl (C=O) groups excluding carboxylic acids is 2. The molecule has 0 aliphatic carbocycles. The highest BCUT2D eigenvalue weighted by Gasteiger charge is 2.47. The van der Waals surface area contributed by atoms with Gasteiger partial charge in [-0.25, -0.2) is 4.79 Å². The molecule has 2 aromatic carbocycles. The number of rotatable bonds is 3. The van der Waals surface area contributed by atoms with Gasteiger partial charge in [-0.15, -0.1) is 11.8 Å². The Labute approximate surface area is 186 Å². The summed E-state index contributed by atoms with van der Waals surface area (Å²) < 4.78 is 0. The first-order chi connectivity index (χ1) is 14.5. The second kappa shape index (κ2) is 8.90. The fourth-order valence-electron chi connectivity index (χ4n) is 4.19. The average molecular weight is 444 g/mol. The van der Waals surface area contributed by atoms with Crippen LogP contribution in [0.25, 0.3) is 0 Å². The van der Waals surface area contributed by atoms with Crippen molar-refractivity contribution < 1.29 is 9.59 Å². The number of thioether (sulfide) groups is 1. The second-order valence-electron chi connectivity index (χ2n) is 7.73. The highest BCUT2D eigenvalue weighted by atomic mass is 35.5. The van der Waals surface area contributed by atoms with Crippen LogP contribution in [-0.2, 0) is 6.42 Å². The molecule has 0 saturated carbocycles. The smallest absolute Gasteiger partial charge is 0.321 e. The molecule has 0 radical (unpaired) electrons. The Morgan fingerprint density at radius 1 is 1.10 bits per heavy atom. The van der Waals surface area contributed by atoms with E-state index in [4.69, 9.17) is 11.6 Å². The van der Waals surface area contributed by atoms with Crippen LogP contribution >= 0.6 is 23.4 Å². The first-order valence-corrected chi connectivity index (χ1v) is 11.7. The normalized spacial score (nSPS) is 17.9. The quantitative estimate of drug-likeness (QED) is 0.716. The molecule has 30 heavy (non-hydrogen) atoms. The lowest BCUT2D eigenvalue weighted by Crippen LogP contribution is -2.54. The van der Waals surface area contributed by atoms with Gasteiger partial charge in [0, 0.05) is 41.7 Å². The molecule has 0 aromatic heterocycles. The molecule has 158 valence electrons. The maximum absolute atomic E-state index is 13.1. The predicted molar refractivity (Wildman–Crippen MR) is 123 cm³/mol. The number of aryl methyl sites for hydroxylation is 1. The van der Waals surface area contributed by atoms with Crippen molar-refractivity contribution in [1.82, 2.24) is 9.80 Å². The van der Waals surface area contributed by atoms with Crippen LogP contribution in [0, 0.1) is 0 Å². The zero-order valence-corrected chi connectivity index (χ0v) is 18.6. The zero-order valence-electron chi connectivity index (χ0n) is 17.1. The molecule has 1 N–H and O–H groups in total. The summed E-state index contributed by atoms with van der Waals surface area (Å²) in [5, 5.41) is 3.64. The first kappa shape index (κ1) is 21.1. The van der Waals surface area contributed by atoms with E-state index < -0.39 is 0 Å². The van der Waals surface area contributed by atoms with Crippen molar-refractivity contribution in [3.05, 3.63) is 64.7 Å². The van der Waals surface area contributed by atoms with E-state index in [0.717, 1.165) is 37.2 Å². The van der Waals surface area contributed by atoms with E-state index in [0.29, 0.717) is 23.7 Å². The molecule has 2 saturated heterocycles. The molecular weight excluding hydrogens is 418 g/mol. The molecule has 2 aliphatic heterocycles. The molecule has 0 atom stereocenters. The van der Waals surface area contributed by atoms with E-state index in [1.165, 1.54) is 5.56 Å². The molecule has 2 fully saturated rings. The van der Waals surface area contributed by atoms with E-state index in [9.17, 15) is 9.59 Å². The number of urea groups is 1. The van der Waals surface area contributed by atoms with Gasteiger partial charge in [-0.05, 0) is 61.2 Å². The van der Waals surface area contributed by atoms with E-state index in [1.807, 2.05) is 39.8 Å². The number of amides is 3. The molecule has 0 bridgehead atoms. The predicted octanol–water partition coefficient (Wildman–Crippen LogP) is 5.12. The standard InChI is InChI=1S/C23H26ClN3O2S/c1-2-17-4-3-5-20(16-17)25-22(29)26-12-10-23(11-13-26)27(14-15-30-23)21(28)18-6-8-19(24)9-7-18/h3-9,16H,2,10-15H2,1H3,(H,25,29). The van der Waals surface area contributed by atoms with Gasteiger partial charge in [-0.2, -0.15) is 0 Å². The maximum atomic E-state index is 13.1. The SMILES string of the molecule is CCc1cccc(NC(=O)N2CCC3(CC2)SCCN3C(=O)c2ccc(Cl)cc2)c1. The third-order valence-electron chi connectivity index (χ3n) is 5.93. The summed E-state index contributed by atoms with van der Waals surface area (Å²) in [6.07, 6.45) is 2.49. The molecule has 2 heterocycles. The summed E-state index contributed by atoms with van der Waals surface area (Å²) in [7, 11) is 0. The van der Waals surface area contributed by atoms with Crippen LogP contribution in [0.1, 0.15) is 35.7 Å². The molecule has 7 heteroatoms. The molecule has 4 rings (SSSR count). The number of benzene rings is 2. The molecule has 5 nitrogen and oxygen atoms in total. The van der Waals surface area contributed by atoms with Gasteiger partial charge >= 0.3 is 6.03 Å². The fraction of sp³-hybridized carbons (Fsp3) is 0.391. The summed E-state index contributed by atoms with van der Waals surface area (Å²) >= 11 is 7.81. The van der Waals surface area contributed by atoms with Crippen molar-refractivity contribution >= 4 is 41.0 Å². The Bertz CT molecular complexity index is 926. The molecular formula is C23H26ClN3O2S. The van der Waals surface area contributed by atoms with Crippen LogP contribution in [0.15, 0.2) is 48.5 Å². The monoisotopic (exact) mass is 443 g/mol. The molecule has 2 aliphatic rings. The summed E-state index contributed by atoms with van der Waals surface area (Å²) in [5.41, 5.74) is 2.69. The average Bonchev–Trinajstić information content (AvgIpc) is 3.17. The van der Waals surface area contributed by atoms with Gasteiger partial charge < -0.3 is 15.1 Å². The Morgan fingerprint density at radius 3 is 2.53 bits per heavy atom. The Hall–Kier alpha value is -2.18. The zero-order chi connectivity index (χ0) is 21.1. The van der Waals surface area contributed by atoms with Gasteiger partial charge in [0.05, 0.1) is 4.87 Å². The number of piperidine rings is 1. The molecule has 1 spiro atoms. The number of anilines is 1. The van der Waals surface area contributed by atoms with Gasteiger partial charge in [0.25, 0.3) is 5.91 Å². The lowest BCUT2D eigenvalue weighted by atomic mass is 10.0. The van der Waals surface area contributed by atoms with Crippen molar-refractivity contribution in [2.24, 2.45) is 0 Å². The summed E-state index contributed by atoms with van der Waals surface area (Å²) in [6, 6.07) is 15.0. The minimum absolute atomic E-state index is 0.0472. The van der Waals surface area contributed by atoms with E-state index in [-0.39, 0.29) is 16.8 Å². The molecule has 2 aromatic rings. The number of likely N-dealkylation sites (tertiary alicyclic amines) is 1. The van der Waals surface area contributed by atoms with E-state index >= 15 is 0 Å². The van der Waals surface area contributed by atoms with Gasteiger partial charge in [0.15, 0.2) is 0 Å². The highest BCUT2D eigenvalue weighted by molar-refractivity contribution is 8.00. The van der Waals surface area contributed by atoms with Crippen LogP contribution in [0.3, 0.4) is 0 Å². The minimum Gasteiger partial charge on any atom is -0.324 e. The Kier molecular flexibility index (Phi) is 6.25. The minimum atomic E-state index is -0.227. The van der Waals surface area contributed by atoms with Crippen molar-refractivity contribution in [2.75, 3.05) is 30.7 Å². The van der Waals surface area contributed by atoms with Crippen molar-refractivity contribution in [3.8, 4) is 0 Å². The number of halogens is 1. The van der Waals surface area contributed by atoms with Gasteiger partial charge in [-0.3, -0.25) is 4.79 Å². The lowest BCUT2D eigenvalue weighted by molar-refractivity contribution is 0.0585. The summed E-state index contributed by atoms with van der Waals surface area (Å²) in [5.74, 6) is 0.973. The number of nitrogens with zero attached hydrogens (tertiary/aromatic N) is 2. The van der Waals surface area contributed by atoms with Gasteiger partial charge in [0.1, 0.15) is 0 Å². The van der Waals surface area contributed by atoms with Crippen LogP contribution in [-0.4, -0.2) is 52.0 Å². The van der Waals surface area contributed by atoms with Crippen molar-refractivity contribution in [2.45, 2.75) is 31.1 Å². The van der Waals surface area contributed by atoms with Gasteiger partial charge in [-0.1, -0.05) is 30.7 Å². The lowest BCUT2D eigenvalue weighted by Gasteiger charge is -2.44. The number of hydrogen-bond acceptors (Lipinski definition) is 3. The van der Waals surface area contributed by atoms with Crippen LogP contribution in [0.5, 0.6) is 0 Å². The highest BCUT2D eigenvalue weighted by Crippen LogP contribution is 2.44. The molecule has 3 amide bonds. The topological polar surface area (TPSA) is 52.7 Å². The number of carbonyl (C=O) groups is 2. The third-order valence-corrected chi connectivity index (χ3v) is 7.74. The molecule has 0 unspecified atom stereocenters. The first-order valence-electron chi connectivity index (χ1n) is 10.4. The van der Waals surface area contributed by atoms with E-state index in [2.05, 4.69) is 18.3 Å². The summed E-state index contributed by atoms with van der Waals surface area (Å²) in [6.45, 7) is 4.11. The largest absolute Gasteiger partial charge is 0.324 e. The summed E-state index contributed by atoms with van der Waals surface area (Å²) in [4.78, 5) is 29.5. The van der Waals surface area contributed by atoms with E-state index in [1.54, 1.807) is 24.3 Å². The number of hydrogen-bond donors (Lipinski definition) is 1. The van der Waals surface area contributed by atoms with Crippen molar-refractivity contribution in [1.29, 1.82) is 0 Å². The van der Waals surface area contributed by atoms with Gasteiger partial charge in [0.2, 0.25) is 0 Å². The second-order valence-corrected chi connectivity index (χ2v) is 9.62.